The number of aromatic nitrogens is 2. The molecule has 0 aromatic carbocycles. The molecule has 1 N–H and O–H groups in total. The lowest BCUT2D eigenvalue weighted by atomic mass is 9.84. The highest BCUT2D eigenvalue weighted by molar-refractivity contribution is 5.92. The Morgan fingerprint density at radius 3 is 2.68 bits per heavy atom. The first-order valence-corrected chi connectivity index (χ1v) is 7.49. The Labute approximate surface area is 130 Å². The number of anilines is 1. The highest BCUT2D eigenvalue weighted by atomic mass is 16.6. The number of hydrogen-bond acceptors (Lipinski definition) is 5. The number of rotatable bonds is 5. The summed E-state index contributed by atoms with van der Waals surface area (Å²) in [4.78, 5) is 19.4. The van der Waals surface area contributed by atoms with E-state index in [2.05, 4.69) is 43.0 Å². The maximum atomic E-state index is 11.4. The largest absolute Gasteiger partial charge is 0.374 e. The topological polar surface area (TPSA) is 81.0 Å². The molecule has 2 heterocycles. The molecular weight excluding hydrogens is 280 g/mol. The van der Waals surface area contributed by atoms with Crippen LogP contribution in [-0.4, -0.2) is 20.9 Å². The third kappa shape index (κ3) is 3.32. The van der Waals surface area contributed by atoms with E-state index in [0.717, 1.165) is 12.8 Å². The molecule has 1 unspecified atom stereocenters. The monoisotopic (exact) mass is 302 g/mol. The summed E-state index contributed by atoms with van der Waals surface area (Å²) in [5.74, 6) is 0. The number of hydrogen-bond donors (Lipinski definition) is 1. The standard InChI is InChI=1S/C16H22N4O2/c1-5-7-13(16(2,3)4)19-15-12(20(21)22)10-18-11-8-6-9-17-14(11)15/h6,8-10,13H,5,7H2,1-4H3,(H,18,19). The molecule has 0 aliphatic carbocycles. The average Bonchev–Trinajstić information content (AvgIpc) is 2.45. The van der Waals surface area contributed by atoms with Gasteiger partial charge in [0.05, 0.1) is 10.4 Å². The lowest BCUT2D eigenvalue weighted by molar-refractivity contribution is -0.384. The van der Waals surface area contributed by atoms with Crippen molar-refractivity contribution in [1.82, 2.24) is 9.97 Å². The maximum Gasteiger partial charge on any atom is 0.312 e. The third-order valence-electron chi connectivity index (χ3n) is 3.74. The van der Waals surface area contributed by atoms with Gasteiger partial charge in [-0.05, 0) is 24.0 Å². The fourth-order valence-electron chi connectivity index (χ4n) is 2.48. The first kappa shape index (κ1) is 16.1. The van der Waals surface area contributed by atoms with Crippen molar-refractivity contribution in [3.8, 4) is 0 Å². The molecule has 118 valence electrons. The Kier molecular flexibility index (Phi) is 4.59. The van der Waals surface area contributed by atoms with Gasteiger partial charge in [-0.1, -0.05) is 34.1 Å². The van der Waals surface area contributed by atoms with Crippen molar-refractivity contribution in [3.05, 3.63) is 34.6 Å². The zero-order chi connectivity index (χ0) is 16.3. The second kappa shape index (κ2) is 6.25. The smallest absolute Gasteiger partial charge is 0.312 e. The molecule has 1 atom stereocenters. The molecule has 0 spiro atoms. The number of nitro groups is 1. The van der Waals surface area contributed by atoms with E-state index in [1.165, 1.54) is 6.20 Å². The van der Waals surface area contributed by atoms with Crippen LogP contribution >= 0.6 is 0 Å². The van der Waals surface area contributed by atoms with E-state index in [1.54, 1.807) is 12.3 Å². The fourth-order valence-corrected chi connectivity index (χ4v) is 2.48. The lowest BCUT2D eigenvalue weighted by Gasteiger charge is -2.32. The van der Waals surface area contributed by atoms with Crippen LogP contribution in [0.2, 0.25) is 0 Å². The van der Waals surface area contributed by atoms with E-state index < -0.39 is 4.92 Å². The van der Waals surface area contributed by atoms with Crippen LogP contribution in [-0.2, 0) is 0 Å². The second-order valence-corrected chi connectivity index (χ2v) is 6.50. The number of pyridine rings is 2. The summed E-state index contributed by atoms with van der Waals surface area (Å²) < 4.78 is 0. The normalized spacial score (nSPS) is 13.1. The molecule has 0 saturated carbocycles. The Balaban J connectivity index is 2.56. The van der Waals surface area contributed by atoms with Crippen molar-refractivity contribution in [2.45, 2.75) is 46.6 Å². The predicted molar refractivity (Wildman–Crippen MR) is 88.0 cm³/mol. The molecule has 0 amide bonds. The molecule has 6 heteroatoms. The summed E-state index contributed by atoms with van der Waals surface area (Å²) in [6.45, 7) is 8.49. The van der Waals surface area contributed by atoms with Gasteiger partial charge in [0.15, 0.2) is 0 Å². The zero-order valence-electron chi connectivity index (χ0n) is 13.5. The molecule has 0 bridgehead atoms. The summed E-state index contributed by atoms with van der Waals surface area (Å²) in [5.41, 5.74) is 1.61. The molecule has 0 saturated heterocycles. The predicted octanol–water partition coefficient (Wildman–Crippen LogP) is 4.16. The van der Waals surface area contributed by atoms with Gasteiger partial charge in [-0.2, -0.15) is 0 Å². The first-order chi connectivity index (χ1) is 10.3. The van der Waals surface area contributed by atoms with E-state index in [-0.39, 0.29) is 17.1 Å². The molecule has 0 fully saturated rings. The second-order valence-electron chi connectivity index (χ2n) is 6.50. The van der Waals surface area contributed by atoms with Crippen LogP contribution in [0.1, 0.15) is 40.5 Å². The maximum absolute atomic E-state index is 11.4. The van der Waals surface area contributed by atoms with Crippen LogP contribution in [0.5, 0.6) is 0 Å². The Bertz CT molecular complexity index is 679. The van der Waals surface area contributed by atoms with Crippen molar-refractivity contribution in [2.75, 3.05) is 5.32 Å². The molecule has 0 aliphatic heterocycles. The van der Waals surface area contributed by atoms with Crippen molar-refractivity contribution in [2.24, 2.45) is 5.41 Å². The molecule has 6 nitrogen and oxygen atoms in total. The van der Waals surface area contributed by atoms with Gasteiger partial charge in [-0.15, -0.1) is 0 Å². The van der Waals surface area contributed by atoms with Crippen LogP contribution in [0, 0.1) is 15.5 Å². The molecule has 2 aromatic rings. The Morgan fingerprint density at radius 2 is 2.09 bits per heavy atom. The van der Waals surface area contributed by atoms with E-state index >= 15 is 0 Å². The average molecular weight is 302 g/mol. The van der Waals surface area contributed by atoms with Gasteiger partial charge in [0.25, 0.3) is 0 Å². The van der Waals surface area contributed by atoms with Crippen molar-refractivity contribution in [3.63, 3.8) is 0 Å². The van der Waals surface area contributed by atoms with Crippen LogP contribution in [0.25, 0.3) is 11.0 Å². The molecule has 2 rings (SSSR count). The third-order valence-corrected chi connectivity index (χ3v) is 3.74. The minimum absolute atomic E-state index is 0.0196. The quantitative estimate of drug-likeness (QED) is 0.662. The Morgan fingerprint density at radius 1 is 1.36 bits per heavy atom. The summed E-state index contributed by atoms with van der Waals surface area (Å²) >= 11 is 0. The highest BCUT2D eigenvalue weighted by Gasteiger charge is 2.28. The lowest BCUT2D eigenvalue weighted by Crippen LogP contribution is -2.34. The number of nitrogens with one attached hydrogen (secondary N) is 1. The highest BCUT2D eigenvalue weighted by Crippen LogP contribution is 2.34. The zero-order valence-corrected chi connectivity index (χ0v) is 13.5. The molecule has 0 aliphatic rings. The van der Waals surface area contributed by atoms with Crippen LogP contribution < -0.4 is 5.32 Å². The van der Waals surface area contributed by atoms with Gasteiger partial charge in [0.1, 0.15) is 17.4 Å². The summed E-state index contributed by atoms with van der Waals surface area (Å²) in [6, 6.07) is 3.70. The molecular formula is C16H22N4O2. The van der Waals surface area contributed by atoms with E-state index in [4.69, 9.17) is 0 Å². The molecule has 2 aromatic heterocycles. The summed E-state index contributed by atoms with van der Waals surface area (Å²) in [6.07, 6.45) is 4.86. The van der Waals surface area contributed by atoms with E-state index in [0.29, 0.717) is 16.7 Å². The van der Waals surface area contributed by atoms with E-state index in [9.17, 15) is 10.1 Å². The number of nitrogens with zero attached hydrogens (tertiary/aromatic N) is 3. The van der Waals surface area contributed by atoms with Gasteiger partial charge >= 0.3 is 5.69 Å². The summed E-state index contributed by atoms with van der Waals surface area (Å²) in [5, 5.41) is 14.7. The summed E-state index contributed by atoms with van der Waals surface area (Å²) in [7, 11) is 0. The minimum atomic E-state index is -0.408. The van der Waals surface area contributed by atoms with E-state index in [1.807, 2.05) is 6.07 Å². The van der Waals surface area contributed by atoms with Crippen molar-refractivity contribution >= 4 is 22.4 Å². The number of fused-ring (bicyclic) bond motifs is 1. The molecule has 22 heavy (non-hydrogen) atoms. The minimum Gasteiger partial charge on any atom is -0.374 e. The SMILES string of the molecule is CCCC(Nc1c([N+](=O)[O-])cnc2cccnc12)C(C)(C)C. The van der Waals surface area contributed by atoms with Gasteiger partial charge in [-0.25, -0.2) is 4.98 Å². The first-order valence-electron chi connectivity index (χ1n) is 7.49. The van der Waals surface area contributed by atoms with Gasteiger partial charge in [-0.3, -0.25) is 15.1 Å². The fraction of sp³-hybridized carbons (Fsp3) is 0.500. The van der Waals surface area contributed by atoms with Gasteiger partial charge in [0, 0.05) is 12.2 Å². The van der Waals surface area contributed by atoms with Crippen LogP contribution in [0.4, 0.5) is 11.4 Å². The van der Waals surface area contributed by atoms with Crippen LogP contribution in [0.15, 0.2) is 24.5 Å². The van der Waals surface area contributed by atoms with Crippen LogP contribution in [0.3, 0.4) is 0 Å². The van der Waals surface area contributed by atoms with Crippen molar-refractivity contribution in [1.29, 1.82) is 0 Å². The van der Waals surface area contributed by atoms with Gasteiger partial charge in [0.2, 0.25) is 0 Å². The Hall–Kier alpha value is -2.24. The van der Waals surface area contributed by atoms with Crippen molar-refractivity contribution < 1.29 is 4.92 Å². The molecule has 0 radical (unpaired) electrons. The van der Waals surface area contributed by atoms with Gasteiger partial charge < -0.3 is 5.32 Å².